The maximum absolute atomic E-state index is 13.1. The molecule has 3 nitrogen and oxygen atoms in total. The smallest absolute Gasteiger partial charge is 0.254 e. The van der Waals surface area contributed by atoms with E-state index in [0.29, 0.717) is 12.1 Å². The zero-order valence-electron chi connectivity index (χ0n) is 9.58. The van der Waals surface area contributed by atoms with E-state index < -0.39 is 0 Å². The number of hydrogen-bond donors (Lipinski definition) is 1. The summed E-state index contributed by atoms with van der Waals surface area (Å²) >= 11 is 0. The number of hydrogen-bond acceptors (Lipinski definition) is 2. The predicted molar refractivity (Wildman–Crippen MR) is 62.2 cm³/mol. The molecule has 0 radical (unpaired) electrons. The van der Waals surface area contributed by atoms with Gasteiger partial charge in [-0.2, -0.15) is 0 Å². The number of nitrogens with zero attached hydrogens (tertiary/aromatic N) is 1. The Balaban J connectivity index is 1.85. The zero-order chi connectivity index (χ0) is 11.8. The van der Waals surface area contributed by atoms with Crippen molar-refractivity contribution in [2.45, 2.75) is 25.4 Å². The minimum atomic E-state index is -0.264. The van der Waals surface area contributed by atoms with Crippen LogP contribution in [-0.4, -0.2) is 29.9 Å². The summed E-state index contributed by atoms with van der Waals surface area (Å²) in [6, 6.07) is 4.69. The van der Waals surface area contributed by atoms with Crippen molar-refractivity contribution in [1.82, 2.24) is 10.2 Å². The third-order valence-corrected chi connectivity index (χ3v) is 3.61. The van der Waals surface area contributed by atoms with Crippen LogP contribution in [0.15, 0.2) is 18.2 Å². The molecule has 17 heavy (non-hydrogen) atoms. The summed E-state index contributed by atoms with van der Waals surface area (Å²) in [6.07, 6.45) is 2.13. The van der Waals surface area contributed by atoms with Gasteiger partial charge in [0.25, 0.3) is 5.91 Å². The van der Waals surface area contributed by atoms with Crippen LogP contribution in [-0.2, 0) is 6.54 Å². The standard InChI is InChI=1S/C13H15FN2O/c14-10-3-4-12-9(6-10)8-16(13(12)17)11-2-1-5-15-7-11/h3-4,6,11,15H,1-2,5,7-8H2. The fourth-order valence-electron chi connectivity index (χ4n) is 2.71. The Kier molecular flexibility index (Phi) is 2.59. The molecular weight excluding hydrogens is 219 g/mol. The highest BCUT2D eigenvalue weighted by Gasteiger charge is 2.33. The maximum atomic E-state index is 13.1. The van der Waals surface area contributed by atoms with E-state index >= 15 is 0 Å². The summed E-state index contributed by atoms with van der Waals surface area (Å²) < 4.78 is 13.1. The van der Waals surface area contributed by atoms with Gasteiger partial charge >= 0.3 is 0 Å². The van der Waals surface area contributed by atoms with Crippen molar-refractivity contribution >= 4 is 5.91 Å². The van der Waals surface area contributed by atoms with Crippen molar-refractivity contribution in [3.05, 3.63) is 35.1 Å². The first kappa shape index (κ1) is 10.7. The van der Waals surface area contributed by atoms with Gasteiger partial charge in [0, 0.05) is 24.7 Å². The van der Waals surface area contributed by atoms with Crippen molar-refractivity contribution in [2.75, 3.05) is 13.1 Å². The predicted octanol–water partition coefficient (Wildman–Crippen LogP) is 1.53. The van der Waals surface area contributed by atoms with E-state index in [2.05, 4.69) is 5.32 Å². The summed E-state index contributed by atoms with van der Waals surface area (Å²) in [6.45, 7) is 2.43. The van der Waals surface area contributed by atoms with Gasteiger partial charge in [0.1, 0.15) is 5.82 Å². The van der Waals surface area contributed by atoms with Crippen molar-refractivity contribution in [3.8, 4) is 0 Å². The third kappa shape index (κ3) is 1.82. The molecule has 1 atom stereocenters. The minimum Gasteiger partial charge on any atom is -0.330 e. The highest BCUT2D eigenvalue weighted by atomic mass is 19.1. The van der Waals surface area contributed by atoms with E-state index in [4.69, 9.17) is 0 Å². The van der Waals surface area contributed by atoms with Gasteiger partial charge in [-0.05, 0) is 43.1 Å². The molecule has 1 aromatic rings. The van der Waals surface area contributed by atoms with Gasteiger partial charge in [-0.25, -0.2) is 4.39 Å². The van der Waals surface area contributed by atoms with Crippen LogP contribution in [0.25, 0.3) is 0 Å². The summed E-state index contributed by atoms with van der Waals surface area (Å²) in [5.41, 5.74) is 1.48. The lowest BCUT2D eigenvalue weighted by molar-refractivity contribution is 0.0674. The van der Waals surface area contributed by atoms with E-state index in [9.17, 15) is 9.18 Å². The number of carbonyl (C=O) groups is 1. The molecule has 90 valence electrons. The topological polar surface area (TPSA) is 32.3 Å². The molecule has 3 rings (SSSR count). The average molecular weight is 234 g/mol. The van der Waals surface area contributed by atoms with Crippen LogP contribution in [0, 0.1) is 5.82 Å². The average Bonchev–Trinajstić information content (AvgIpc) is 2.67. The van der Waals surface area contributed by atoms with Gasteiger partial charge in [0.05, 0.1) is 0 Å². The molecule has 2 aliphatic heterocycles. The first-order valence-corrected chi connectivity index (χ1v) is 6.06. The SMILES string of the molecule is O=C1c2ccc(F)cc2CN1C1CCCNC1. The Bertz CT molecular complexity index is 455. The van der Waals surface area contributed by atoms with Crippen molar-refractivity contribution in [2.24, 2.45) is 0 Å². The molecule has 1 fully saturated rings. The Morgan fingerprint density at radius 3 is 3.06 bits per heavy atom. The van der Waals surface area contributed by atoms with E-state index in [1.54, 1.807) is 6.07 Å². The van der Waals surface area contributed by atoms with Crippen LogP contribution in [0.1, 0.15) is 28.8 Å². The monoisotopic (exact) mass is 234 g/mol. The van der Waals surface area contributed by atoms with Gasteiger partial charge in [-0.15, -0.1) is 0 Å². The molecule has 1 amide bonds. The number of piperidine rings is 1. The second-order valence-electron chi connectivity index (χ2n) is 4.73. The Morgan fingerprint density at radius 1 is 1.41 bits per heavy atom. The second kappa shape index (κ2) is 4.11. The van der Waals surface area contributed by atoms with Gasteiger partial charge < -0.3 is 10.2 Å². The molecule has 4 heteroatoms. The number of nitrogens with one attached hydrogen (secondary N) is 1. The quantitative estimate of drug-likeness (QED) is 0.799. The van der Waals surface area contributed by atoms with Crippen LogP contribution < -0.4 is 5.32 Å². The first-order valence-electron chi connectivity index (χ1n) is 6.06. The molecule has 0 aromatic heterocycles. The second-order valence-corrected chi connectivity index (χ2v) is 4.73. The van der Waals surface area contributed by atoms with E-state index in [1.165, 1.54) is 12.1 Å². The molecule has 1 unspecified atom stereocenters. The summed E-state index contributed by atoms with van der Waals surface area (Å²) in [7, 11) is 0. The Morgan fingerprint density at radius 2 is 2.29 bits per heavy atom. The molecular formula is C13H15FN2O. The first-order chi connectivity index (χ1) is 8.25. The van der Waals surface area contributed by atoms with Crippen LogP contribution >= 0.6 is 0 Å². The molecule has 2 aliphatic rings. The lowest BCUT2D eigenvalue weighted by atomic mass is 10.1. The molecule has 1 N–H and O–H groups in total. The van der Waals surface area contributed by atoms with Crippen LogP contribution in [0.3, 0.4) is 0 Å². The van der Waals surface area contributed by atoms with E-state index in [0.717, 1.165) is 31.5 Å². The van der Waals surface area contributed by atoms with Crippen LogP contribution in [0.2, 0.25) is 0 Å². The molecule has 0 spiro atoms. The highest BCUT2D eigenvalue weighted by Crippen LogP contribution is 2.27. The van der Waals surface area contributed by atoms with Gasteiger partial charge in [0.15, 0.2) is 0 Å². The fraction of sp³-hybridized carbons (Fsp3) is 0.462. The van der Waals surface area contributed by atoms with Crippen LogP contribution in [0.5, 0.6) is 0 Å². The largest absolute Gasteiger partial charge is 0.330 e. The summed E-state index contributed by atoms with van der Waals surface area (Å²) in [4.78, 5) is 14.1. The van der Waals surface area contributed by atoms with Crippen molar-refractivity contribution in [3.63, 3.8) is 0 Å². The van der Waals surface area contributed by atoms with Crippen LogP contribution in [0.4, 0.5) is 4.39 Å². The molecule has 0 bridgehead atoms. The minimum absolute atomic E-state index is 0.0497. The Labute approximate surface area is 99.6 Å². The van der Waals surface area contributed by atoms with Gasteiger partial charge in [0.2, 0.25) is 0 Å². The fourth-order valence-corrected chi connectivity index (χ4v) is 2.71. The molecule has 0 saturated carbocycles. The number of rotatable bonds is 1. The lowest BCUT2D eigenvalue weighted by Gasteiger charge is -2.31. The maximum Gasteiger partial charge on any atom is 0.254 e. The van der Waals surface area contributed by atoms with Gasteiger partial charge in [-0.3, -0.25) is 4.79 Å². The zero-order valence-corrected chi connectivity index (χ0v) is 9.58. The molecule has 0 aliphatic carbocycles. The molecule has 1 saturated heterocycles. The van der Waals surface area contributed by atoms with E-state index in [-0.39, 0.29) is 17.8 Å². The van der Waals surface area contributed by atoms with Crippen molar-refractivity contribution < 1.29 is 9.18 Å². The summed E-state index contributed by atoms with van der Waals surface area (Å²) in [5, 5.41) is 3.30. The third-order valence-electron chi connectivity index (χ3n) is 3.61. The van der Waals surface area contributed by atoms with Gasteiger partial charge in [-0.1, -0.05) is 0 Å². The normalized spacial score (nSPS) is 23.9. The number of carbonyl (C=O) groups excluding carboxylic acids is 1. The number of fused-ring (bicyclic) bond motifs is 1. The summed E-state index contributed by atoms with van der Waals surface area (Å²) in [5.74, 6) is -0.214. The van der Waals surface area contributed by atoms with E-state index in [1.807, 2.05) is 4.90 Å². The number of halogens is 1. The number of benzene rings is 1. The lowest BCUT2D eigenvalue weighted by Crippen LogP contribution is -2.46. The molecule has 1 aromatic carbocycles. The highest BCUT2D eigenvalue weighted by molar-refractivity contribution is 5.98. The Hall–Kier alpha value is -1.42. The van der Waals surface area contributed by atoms with Crippen molar-refractivity contribution in [1.29, 1.82) is 0 Å². The molecule has 2 heterocycles. The number of amides is 1.